The number of esters is 1. The van der Waals surface area contributed by atoms with E-state index >= 15 is 0 Å². The van der Waals surface area contributed by atoms with Gasteiger partial charge in [0.15, 0.2) is 0 Å². The van der Waals surface area contributed by atoms with Crippen LogP contribution in [0.2, 0.25) is 0 Å². The molecule has 1 aromatic carbocycles. The van der Waals surface area contributed by atoms with Crippen molar-refractivity contribution in [2.75, 3.05) is 7.11 Å². The van der Waals surface area contributed by atoms with E-state index in [1.54, 1.807) is 24.7 Å². The van der Waals surface area contributed by atoms with Gasteiger partial charge < -0.3 is 15.0 Å². The average molecular weight is 352 g/mol. The Kier molecular flexibility index (Phi) is 4.88. The van der Waals surface area contributed by atoms with Gasteiger partial charge in [-0.25, -0.2) is 9.48 Å². The Morgan fingerprint density at radius 3 is 2.65 bits per heavy atom. The summed E-state index contributed by atoms with van der Waals surface area (Å²) in [7, 11) is 1.32. The Morgan fingerprint density at radius 2 is 1.96 bits per heavy atom. The normalized spacial score (nSPS) is 10.6. The van der Waals surface area contributed by atoms with Crippen LogP contribution in [0.4, 0.5) is 0 Å². The molecule has 0 spiro atoms. The zero-order chi connectivity index (χ0) is 18.7. The molecule has 2 heterocycles. The molecule has 1 amide bonds. The first kappa shape index (κ1) is 17.5. The van der Waals surface area contributed by atoms with Crippen molar-refractivity contribution in [2.24, 2.45) is 0 Å². The van der Waals surface area contributed by atoms with Crippen LogP contribution in [0.5, 0.6) is 0 Å². The number of nitrogens with zero attached hydrogens (tertiary/aromatic N) is 2. The van der Waals surface area contributed by atoms with Crippen molar-refractivity contribution in [3.63, 3.8) is 0 Å². The highest BCUT2D eigenvalue weighted by Crippen LogP contribution is 2.19. The Hall–Kier alpha value is -3.35. The van der Waals surface area contributed by atoms with Crippen molar-refractivity contribution in [1.29, 1.82) is 0 Å². The standard InChI is InChI=1S/C19H20N4O3/c1-12-16(19(25)26-3)13(2)22-17(12)18(24)20-9-14-10-21-23(11-14)15-7-5-4-6-8-15/h4-8,10-11,22H,9H2,1-3H3,(H,20,24). The fourth-order valence-electron chi connectivity index (χ4n) is 2.83. The summed E-state index contributed by atoms with van der Waals surface area (Å²) < 4.78 is 6.51. The number of hydrogen-bond acceptors (Lipinski definition) is 4. The largest absolute Gasteiger partial charge is 0.465 e. The first-order valence-electron chi connectivity index (χ1n) is 8.16. The highest BCUT2D eigenvalue weighted by molar-refractivity contribution is 6.00. The minimum Gasteiger partial charge on any atom is -0.465 e. The van der Waals surface area contributed by atoms with E-state index in [1.165, 1.54) is 7.11 Å². The smallest absolute Gasteiger partial charge is 0.339 e. The van der Waals surface area contributed by atoms with Gasteiger partial charge in [0.2, 0.25) is 0 Å². The number of ether oxygens (including phenoxy) is 1. The van der Waals surface area contributed by atoms with Gasteiger partial charge in [0.25, 0.3) is 5.91 Å². The van der Waals surface area contributed by atoms with Gasteiger partial charge in [-0.1, -0.05) is 18.2 Å². The highest BCUT2D eigenvalue weighted by Gasteiger charge is 2.22. The van der Waals surface area contributed by atoms with Crippen LogP contribution in [0.15, 0.2) is 42.7 Å². The molecule has 3 aromatic rings. The SMILES string of the molecule is COC(=O)c1c(C)[nH]c(C(=O)NCc2cnn(-c3ccccc3)c2)c1C. The van der Waals surface area contributed by atoms with Crippen LogP contribution in [0.25, 0.3) is 5.69 Å². The van der Waals surface area contributed by atoms with Crippen LogP contribution in [-0.4, -0.2) is 33.8 Å². The molecular formula is C19H20N4O3. The molecule has 0 aliphatic rings. The molecule has 3 rings (SSSR count). The number of aromatic amines is 1. The van der Waals surface area contributed by atoms with Crippen LogP contribution in [-0.2, 0) is 11.3 Å². The van der Waals surface area contributed by atoms with Gasteiger partial charge in [0, 0.05) is 24.0 Å². The molecule has 7 nitrogen and oxygen atoms in total. The summed E-state index contributed by atoms with van der Waals surface area (Å²) in [4.78, 5) is 27.3. The zero-order valence-corrected chi connectivity index (χ0v) is 14.9. The summed E-state index contributed by atoms with van der Waals surface area (Å²) in [5.41, 5.74) is 3.76. The number of methoxy groups -OCH3 is 1. The average Bonchev–Trinajstić information content (AvgIpc) is 3.24. The summed E-state index contributed by atoms with van der Waals surface area (Å²) in [5, 5.41) is 7.15. The fourth-order valence-corrected chi connectivity index (χ4v) is 2.83. The lowest BCUT2D eigenvalue weighted by atomic mass is 10.1. The molecule has 2 N–H and O–H groups in total. The second-order valence-corrected chi connectivity index (χ2v) is 5.93. The molecule has 7 heteroatoms. The number of carbonyl (C=O) groups excluding carboxylic acids is 2. The van der Waals surface area contributed by atoms with E-state index < -0.39 is 5.97 Å². The molecule has 0 aliphatic carbocycles. The number of hydrogen-bond donors (Lipinski definition) is 2. The van der Waals surface area contributed by atoms with Crippen molar-refractivity contribution in [3.05, 3.63) is 70.8 Å². The Balaban J connectivity index is 1.70. The summed E-state index contributed by atoms with van der Waals surface area (Å²) in [6, 6.07) is 9.72. The zero-order valence-electron chi connectivity index (χ0n) is 14.9. The van der Waals surface area contributed by atoms with Crippen molar-refractivity contribution in [3.8, 4) is 5.69 Å². The van der Waals surface area contributed by atoms with E-state index in [1.807, 2.05) is 36.5 Å². The second-order valence-electron chi connectivity index (χ2n) is 5.93. The number of amides is 1. The summed E-state index contributed by atoms with van der Waals surface area (Å²) >= 11 is 0. The number of rotatable bonds is 5. The van der Waals surface area contributed by atoms with Crippen LogP contribution >= 0.6 is 0 Å². The summed E-state index contributed by atoms with van der Waals surface area (Å²) in [6.07, 6.45) is 3.57. The molecule has 26 heavy (non-hydrogen) atoms. The van der Waals surface area contributed by atoms with Gasteiger partial charge in [-0.05, 0) is 31.5 Å². The third-order valence-electron chi connectivity index (χ3n) is 4.16. The monoisotopic (exact) mass is 352 g/mol. The number of nitrogens with one attached hydrogen (secondary N) is 2. The Labute approximate surface area is 151 Å². The minimum absolute atomic E-state index is 0.284. The molecule has 0 fully saturated rings. The first-order valence-corrected chi connectivity index (χ1v) is 8.16. The van der Waals surface area contributed by atoms with Gasteiger partial charge >= 0.3 is 5.97 Å². The first-order chi connectivity index (χ1) is 12.5. The predicted molar refractivity (Wildman–Crippen MR) is 96.3 cm³/mol. The highest BCUT2D eigenvalue weighted by atomic mass is 16.5. The van der Waals surface area contributed by atoms with Crippen LogP contribution in [0, 0.1) is 13.8 Å². The minimum atomic E-state index is -0.459. The Morgan fingerprint density at radius 1 is 1.23 bits per heavy atom. The molecule has 0 saturated carbocycles. The lowest BCUT2D eigenvalue weighted by Gasteiger charge is -2.04. The number of para-hydroxylation sites is 1. The van der Waals surface area contributed by atoms with E-state index in [9.17, 15) is 9.59 Å². The second kappa shape index (κ2) is 7.26. The lowest BCUT2D eigenvalue weighted by molar-refractivity contribution is 0.0599. The number of H-pyrrole nitrogens is 1. The molecule has 0 radical (unpaired) electrons. The fraction of sp³-hybridized carbons (Fsp3) is 0.211. The molecule has 2 aromatic heterocycles. The molecular weight excluding hydrogens is 332 g/mol. The maximum absolute atomic E-state index is 12.5. The molecule has 0 unspecified atom stereocenters. The quantitative estimate of drug-likeness (QED) is 0.691. The number of carbonyl (C=O) groups is 2. The molecule has 134 valence electrons. The Bertz CT molecular complexity index is 941. The summed E-state index contributed by atoms with van der Waals surface area (Å²) in [5.74, 6) is -0.743. The van der Waals surface area contributed by atoms with Crippen molar-refractivity contribution in [2.45, 2.75) is 20.4 Å². The van der Waals surface area contributed by atoms with Crippen LogP contribution in [0.1, 0.15) is 37.7 Å². The van der Waals surface area contributed by atoms with Crippen LogP contribution < -0.4 is 5.32 Å². The topological polar surface area (TPSA) is 89.0 Å². The molecule has 0 saturated heterocycles. The molecule has 0 atom stereocenters. The maximum Gasteiger partial charge on any atom is 0.339 e. The number of benzene rings is 1. The van der Waals surface area contributed by atoms with Gasteiger partial charge in [-0.15, -0.1) is 0 Å². The van der Waals surface area contributed by atoms with Crippen molar-refractivity contribution in [1.82, 2.24) is 20.1 Å². The number of aryl methyl sites for hydroxylation is 1. The van der Waals surface area contributed by atoms with E-state index in [-0.39, 0.29) is 5.91 Å². The van der Waals surface area contributed by atoms with Gasteiger partial charge in [-0.3, -0.25) is 4.79 Å². The van der Waals surface area contributed by atoms with Crippen LogP contribution in [0.3, 0.4) is 0 Å². The van der Waals surface area contributed by atoms with Crippen molar-refractivity contribution >= 4 is 11.9 Å². The predicted octanol–water partition coefficient (Wildman–Crippen LogP) is 2.53. The van der Waals surface area contributed by atoms with E-state index in [4.69, 9.17) is 4.74 Å². The van der Waals surface area contributed by atoms with Gasteiger partial charge in [-0.2, -0.15) is 5.10 Å². The third-order valence-corrected chi connectivity index (χ3v) is 4.16. The van der Waals surface area contributed by atoms with E-state index in [2.05, 4.69) is 15.4 Å². The van der Waals surface area contributed by atoms with Crippen molar-refractivity contribution < 1.29 is 14.3 Å². The van der Waals surface area contributed by atoms with E-state index in [0.717, 1.165) is 11.3 Å². The lowest BCUT2D eigenvalue weighted by Crippen LogP contribution is -2.23. The maximum atomic E-state index is 12.5. The number of aromatic nitrogens is 3. The van der Waals surface area contributed by atoms with Gasteiger partial charge in [0.1, 0.15) is 5.69 Å². The molecule has 0 bridgehead atoms. The van der Waals surface area contributed by atoms with E-state index in [0.29, 0.717) is 29.1 Å². The van der Waals surface area contributed by atoms with Gasteiger partial charge in [0.05, 0.1) is 24.6 Å². The summed E-state index contributed by atoms with van der Waals surface area (Å²) in [6.45, 7) is 3.79. The molecule has 0 aliphatic heterocycles. The third kappa shape index (κ3) is 3.37.